The van der Waals surface area contributed by atoms with Crippen molar-refractivity contribution in [1.29, 1.82) is 0 Å². The quantitative estimate of drug-likeness (QED) is 0.838. The zero-order chi connectivity index (χ0) is 15.3. The van der Waals surface area contributed by atoms with Crippen LogP contribution in [0.4, 0.5) is 0 Å². The summed E-state index contributed by atoms with van der Waals surface area (Å²) in [4.78, 5) is 4.52. The Morgan fingerprint density at radius 3 is 2.67 bits per heavy atom. The standard InChI is InChI=1S/C14H17ClN2O2S2/c1-2-9-21(18,19)16-8-7-13-10-20-14(17-13)11-3-5-12(15)6-4-11/h3-6,10,16H,2,7-9H2,1H3. The van der Waals surface area contributed by atoms with Crippen molar-refractivity contribution in [2.75, 3.05) is 12.3 Å². The average Bonchev–Trinajstić information content (AvgIpc) is 2.88. The first-order valence-electron chi connectivity index (χ1n) is 6.68. The fourth-order valence-corrected chi connectivity index (χ4v) is 3.90. The lowest BCUT2D eigenvalue weighted by atomic mass is 10.2. The van der Waals surface area contributed by atoms with Gasteiger partial charge in [-0.2, -0.15) is 0 Å². The van der Waals surface area contributed by atoms with E-state index < -0.39 is 10.0 Å². The number of hydrogen-bond donors (Lipinski definition) is 1. The van der Waals surface area contributed by atoms with Gasteiger partial charge in [-0.05, 0) is 18.6 Å². The number of halogens is 1. The van der Waals surface area contributed by atoms with Crippen LogP contribution in [0.15, 0.2) is 29.6 Å². The number of aromatic nitrogens is 1. The molecule has 0 aliphatic rings. The van der Waals surface area contributed by atoms with E-state index in [0.717, 1.165) is 16.3 Å². The molecule has 1 aromatic carbocycles. The number of rotatable bonds is 7. The molecule has 4 nitrogen and oxygen atoms in total. The van der Waals surface area contributed by atoms with Gasteiger partial charge in [0.2, 0.25) is 10.0 Å². The third-order valence-electron chi connectivity index (χ3n) is 2.82. The number of nitrogens with one attached hydrogen (secondary N) is 1. The molecule has 114 valence electrons. The largest absolute Gasteiger partial charge is 0.241 e. The lowest BCUT2D eigenvalue weighted by molar-refractivity contribution is 0.580. The maximum Gasteiger partial charge on any atom is 0.211 e. The van der Waals surface area contributed by atoms with E-state index in [1.165, 1.54) is 0 Å². The molecule has 0 fully saturated rings. The highest BCUT2D eigenvalue weighted by Crippen LogP contribution is 2.25. The zero-order valence-corrected chi connectivity index (χ0v) is 14.1. The van der Waals surface area contributed by atoms with Crippen LogP contribution in [0.5, 0.6) is 0 Å². The van der Waals surface area contributed by atoms with Gasteiger partial charge in [0, 0.05) is 28.9 Å². The van der Waals surface area contributed by atoms with Crippen molar-refractivity contribution in [1.82, 2.24) is 9.71 Å². The van der Waals surface area contributed by atoms with E-state index in [2.05, 4.69) is 9.71 Å². The Labute approximate surface area is 134 Å². The number of sulfonamides is 1. The monoisotopic (exact) mass is 344 g/mol. The molecule has 2 aromatic rings. The number of nitrogens with zero attached hydrogens (tertiary/aromatic N) is 1. The van der Waals surface area contributed by atoms with Gasteiger partial charge in [0.15, 0.2) is 0 Å². The lowest BCUT2D eigenvalue weighted by Crippen LogP contribution is -2.28. The molecule has 21 heavy (non-hydrogen) atoms. The Hall–Kier alpha value is -0.950. The Bertz CT molecular complexity index is 681. The second-order valence-electron chi connectivity index (χ2n) is 4.61. The van der Waals surface area contributed by atoms with Crippen LogP contribution in [-0.4, -0.2) is 25.7 Å². The lowest BCUT2D eigenvalue weighted by Gasteiger charge is -2.03. The fourth-order valence-electron chi connectivity index (χ4n) is 1.82. The minimum atomic E-state index is -3.14. The summed E-state index contributed by atoms with van der Waals surface area (Å²) in [5.74, 6) is 0.167. The molecule has 1 N–H and O–H groups in total. The second-order valence-corrected chi connectivity index (χ2v) is 7.84. The van der Waals surface area contributed by atoms with Gasteiger partial charge in [-0.3, -0.25) is 0 Å². The van der Waals surface area contributed by atoms with Crippen molar-refractivity contribution < 1.29 is 8.42 Å². The first-order chi connectivity index (χ1) is 10.00. The molecule has 0 amide bonds. The molecule has 0 aliphatic heterocycles. The van der Waals surface area contributed by atoms with Crippen molar-refractivity contribution in [3.63, 3.8) is 0 Å². The van der Waals surface area contributed by atoms with Crippen LogP contribution in [0.3, 0.4) is 0 Å². The van der Waals surface area contributed by atoms with Crippen LogP contribution in [-0.2, 0) is 16.4 Å². The minimum absolute atomic E-state index is 0.167. The highest BCUT2D eigenvalue weighted by Gasteiger charge is 2.09. The van der Waals surface area contributed by atoms with E-state index in [0.29, 0.717) is 24.4 Å². The van der Waals surface area contributed by atoms with Gasteiger partial charge < -0.3 is 0 Å². The van der Waals surface area contributed by atoms with Gasteiger partial charge >= 0.3 is 0 Å². The molecule has 0 unspecified atom stereocenters. The fraction of sp³-hybridized carbons (Fsp3) is 0.357. The van der Waals surface area contributed by atoms with Crippen LogP contribution in [0.1, 0.15) is 19.0 Å². The van der Waals surface area contributed by atoms with Gasteiger partial charge in [-0.15, -0.1) is 11.3 Å². The molecule has 7 heteroatoms. The first-order valence-corrected chi connectivity index (χ1v) is 9.59. The van der Waals surface area contributed by atoms with Crippen molar-refractivity contribution in [2.45, 2.75) is 19.8 Å². The Morgan fingerprint density at radius 1 is 1.29 bits per heavy atom. The molecule has 0 saturated carbocycles. The summed E-state index contributed by atoms with van der Waals surface area (Å²) < 4.78 is 25.7. The highest BCUT2D eigenvalue weighted by atomic mass is 35.5. The maximum absolute atomic E-state index is 11.5. The van der Waals surface area contributed by atoms with E-state index in [1.54, 1.807) is 11.3 Å². The van der Waals surface area contributed by atoms with Gasteiger partial charge in [-0.1, -0.05) is 30.7 Å². The third-order valence-corrected chi connectivity index (χ3v) is 5.60. The number of benzene rings is 1. The van der Waals surface area contributed by atoms with Crippen LogP contribution >= 0.6 is 22.9 Å². The van der Waals surface area contributed by atoms with Crippen LogP contribution in [0, 0.1) is 0 Å². The smallest absolute Gasteiger partial charge is 0.211 e. The highest BCUT2D eigenvalue weighted by molar-refractivity contribution is 7.89. The Kier molecular flexibility index (Phi) is 5.75. The van der Waals surface area contributed by atoms with E-state index in [9.17, 15) is 8.42 Å². The summed E-state index contributed by atoms with van der Waals surface area (Å²) in [5, 5.41) is 3.57. The normalized spacial score (nSPS) is 11.7. The first kappa shape index (κ1) is 16.4. The van der Waals surface area contributed by atoms with Crippen LogP contribution in [0.2, 0.25) is 5.02 Å². The zero-order valence-electron chi connectivity index (χ0n) is 11.7. The predicted octanol–water partition coefficient (Wildman–Crippen LogP) is 3.34. The average molecular weight is 345 g/mol. The van der Waals surface area contributed by atoms with Crippen molar-refractivity contribution in [3.8, 4) is 10.6 Å². The maximum atomic E-state index is 11.5. The molecule has 0 atom stereocenters. The minimum Gasteiger partial charge on any atom is -0.241 e. The molecule has 0 saturated heterocycles. The van der Waals surface area contributed by atoms with Crippen molar-refractivity contribution >= 4 is 33.0 Å². The summed E-state index contributed by atoms with van der Waals surface area (Å²) in [6.07, 6.45) is 1.21. The molecule has 0 bridgehead atoms. The SMILES string of the molecule is CCCS(=O)(=O)NCCc1csc(-c2ccc(Cl)cc2)n1. The van der Waals surface area contributed by atoms with Crippen molar-refractivity contribution in [2.24, 2.45) is 0 Å². The molecule has 0 spiro atoms. The topological polar surface area (TPSA) is 59.1 Å². The molecular weight excluding hydrogens is 328 g/mol. The van der Waals surface area contributed by atoms with Gasteiger partial charge in [-0.25, -0.2) is 18.1 Å². The Morgan fingerprint density at radius 2 is 2.00 bits per heavy atom. The Balaban J connectivity index is 1.93. The van der Waals surface area contributed by atoms with Gasteiger partial charge in [0.1, 0.15) is 5.01 Å². The molecule has 0 radical (unpaired) electrons. The van der Waals surface area contributed by atoms with E-state index >= 15 is 0 Å². The summed E-state index contributed by atoms with van der Waals surface area (Å²) in [7, 11) is -3.14. The van der Waals surface area contributed by atoms with Crippen LogP contribution < -0.4 is 4.72 Å². The summed E-state index contributed by atoms with van der Waals surface area (Å²) >= 11 is 7.40. The summed E-state index contributed by atoms with van der Waals surface area (Å²) in [6, 6.07) is 7.51. The third kappa shape index (κ3) is 5.07. The van der Waals surface area contributed by atoms with E-state index in [1.807, 2.05) is 36.6 Å². The van der Waals surface area contributed by atoms with E-state index in [4.69, 9.17) is 11.6 Å². The number of thiazole rings is 1. The molecular formula is C14H17ClN2O2S2. The van der Waals surface area contributed by atoms with Crippen LogP contribution in [0.25, 0.3) is 10.6 Å². The summed E-state index contributed by atoms with van der Waals surface area (Å²) in [6.45, 7) is 2.23. The molecule has 1 aromatic heterocycles. The second kappa shape index (κ2) is 7.35. The summed E-state index contributed by atoms with van der Waals surface area (Å²) in [5.41, 5.74) is 1.91. The molecule has 0 aliphatic carbocycles. The van der Waals surface area contributed by atoms with Gasteiger partial charge in [0.25, 0.3) is 0 Å². The number of hydrogen-bond acceptors (Lipinski definition) is 4. The van der Waals surface area contributed by atoms with Crippen molar-refractivity contribution in [3.05, 3.63) is 40.4 Å². The van der Waals surface area contributed by atoms with E-state index in [-0.39, 0.29) is 5.75 Å². The molecule has 1 heterocycles. The van der Waals surface area contributed by atoms with Gasteiger partial charge in [0.05, 0.1) is 11.4 Å². The predicted molar refractivity (Wildman–Crippen MR) is 88.3 cm³/mol. The molecule has 2 rings (SSSR count).